The van der Waals surface area contributed by atoms with Gasteiger partial charge in [0.15, 0.2) is 0 Å². The number of benzene rings is 1. The predicted molar refractivity (Wildman–Crippen MR) is 56.6 cm³/mol. The Hall–Kier alpha value is -1.25. The number of hydrogen-bond acceptors (Lipinski definition) is 4. The van der Waals surface area contributed by atoms with Gasteiger partial charge in [-0.2, -0.15) is 5.21 Å². The maximum atomic E-state index is 12.7. The Balaban J connectivity index is 2.25. The number of rotatable bonds is 2. The van der Waals surface area contributed by atoms with E-state index in [1.165, 1.54) is 12.1 Å². The van der Waals surface area contributed by atoms with Crippen molar-refractivity contribution >= 4 is 34.2 Å². The van der Waals surface area contributed by atoms with E-state index < -0.39 is 0 Å². The molecular formula is C7H5FIN5. The van der Waals surface area contributed by atoms with E-state index in [2.05, 4.69) is 25.9 Å². The summed E-state index contributed by atoms with van der Waals surface area (Å²) in [5, 5.41) is 16.0. The van der Waals surface area contributed by atoms with Crippen LogP contribution in [0.15, 0.2) is 18.2 Å². The summed E-state index contributed by atoms with van der Waals surface area (Å²) >= 11 is 2.02. The molecule has 2 N–H and O–H groups in total. The second kappa shape index (κ2) is 3.86. The highest BCUT2D eigenvalue weighted by Crippen LogP contribution is 2.20. The molecule has 0 saturated heterocycles. The number of halogens is 2. The van der Waals surface area contributed by atoms with E-state index >= 15 is 0 Å². The summed E-state index contributed by atoms with van der Waals surface area (Å²) in [6, 6.07) is 4.40. The second-order valence-corrected chi connectivity index (χ2v) is 3.65. The summed E-state index contributed by atoms with van der Waals surface area (Å²) in [7, 11) is 0. The van der Waals surface area contributed by atoms with Crippen molar-refractivity contribution in [1.82, 2.24) is 20.6 Å². The Labute approximate surface area is 92.2 Å². The number of hydrogen-bond donors (Lipinski definition) is 2. The van der Waals surface area contributed by atoms with Crippen molar-refractivity contribution in [1.29, 1.82) is 0 Å². The number of H-pyrrole nitrogens is 1. The maximum Gasteiger partial charge on any atom is 0.267 e. The lowest BCUT2D eigenvalue weighted by Crippen LogP contribution is -1.95. The van der Waals surface area contributed by atoms with E-state index in [9.17, 15) is 4.39 Å². The van der Waals surface area contributed by atoms with E-state index in [0.29, 0.717) is 5.95 Å². The van der Waals surface area contributed by atoms with Crippen LogP contribution in [0, 0.1) is 9.39 Å². The first kappa shape index (κ1) is 9.31. The third kappa shape index (κ3) is 1.97. The predicted octanol–water partition coefficient (Wildman–Crippen LogP) is 1.69. The lowest BCUT2D eigenvalue weighted by molar-refractivity contribution is 0.627. The van der Waals surface area contributed by atoms with E-state index in [4.69, 9.17) is 0 Å². The van der Waals surface area contributed by atoms with Crippen molar-refractivity contribution in [3.05, 3.63) is 27.6 Å². The van der Waals surface area contributed by atoms with Gasteiger partial charge in [-0.1, -0.05) is 5.10 Å². The fourth-order valence-corrected chi connectivity index (χ4v) is 1.54. The number of aromatic amines is 1. The smallest absolute Gasteiger partial charge is 0.267 e. The molecule has 0 aliphatic carbocycles. The maximum absolute atomic E-state index is 12.7. The van der Waals surface area contributed by atoms with Gasteiger partial charge in [-0.15, -0.1) is 5.10 Å². The highest BCUT2D eigenvalue weighted by Gasteiger charge is 2.03. The molecule has 0 spiro atoms. The van der Waals surface area contributed by atoms with E-state index in [0.717, 1.165) is 9.26 Å². The van der Waals surface area contributed by atoms with Crippen molar-refractivity contribution < 1.29 is 4.39 Å². The average molecular weight is 305 g/mol. The Morgan fingerprint density at radius 2 is 2.29 bits per heavy atom. The molecule has 0 radical (unpaired) electrons. The standard InChI is InChI=1S/C7H5FIN5/c8-4-1-2-6(5(9)3-4)10-7-11-13-14-12-7/h1-3H,(H2,10,11,12,13,14). The van der Waals surface area contributed by atoms with Gasteiger partial charge < -0.3 is 5.32 Å². The fraction of sp³-hybridized carbons (Fsp3) is 0. The van der Waals surface area contributed by atoms with Crippen LogP contribution in [-0.4, -0.2) is 20.6 Å². The summed E-state index contributed by atoms with van der Waals surface area (Å²) < 4.78 is 13.5. The number of nitrogens with zero attached hydrogens (tertiary/aromatic N) is 3. The molecule has 14 heavy (non-hydrogen) atoms. The molecule has 0 aliphatic heterocycles. The Bertz CT molecular complexity index is 430. The van der Waals surface area contributed by atoms with Crippen LogP contribution in [0.4, 0.5) is 16.0 Å². The SMILES string of the molecule is Fc1ccc(Nc2nn[nH]n2)c(I)c1. The molecule has 2 rings (SSSR count). The van der Waals surface area contributed by atoms with Crippen LogP contribution in [-0.2, 0) is 0 Å². The van der Waals surface area contributed by atoms with E-state index in [-0.39, 0.29) is 5.82 Å². The van der Waals surface area contributed by atoms with Gasteiger partial charge in [0, 0.05) is 3.57 Å². The van der Waals surface area contributed by atoms with Crippen LogP contribution < -0.4 is 5.32 Å². The van der Waals surface area contributed by atoms with Gasteiger partial charge in [-0.3, -0.25) is 0 Å². The summed E-state index contributed by atoms with van der Waals surface area (Å²) in [6.07, 6.45) is 0. The number of anilines is 2. The molecular weight excluding hydrogens is 300 g/mol. The molecule has 72 valence electrons. The van der Waals surface area contributed by atoms with Crippen LogP contribution in [0.5, 0.6) is 0 Å². The van der Waals surface area contributed by atoms with Crippen LogP contribution in [0.2, 0.25) is 0 Å². The molecule has 1 aromatic heterocycles. The molecule has 0 saturated carbocycles. The first-order valence-electron chi connectivity index (χ1n) is 3.71. The van der Waals surface area contributed by atoms with Gasteiger partial charge in [0.05, 0.1) is 5.69 Å². The molecule has 0 bridgehead atoms. The average Bonchev–Trinajstić information content (AvgIpc) is 2.62. The zero-order valence-electron chi connectivity index (χ0n) is 6.83. The third-order valence-electron chi connectivity index (χ3n) is 1.52. The van der Waals surface area contributed by atoms with Gasteiger partial charge >= 0.3 is 0 Å². The van der Waals surface area contributed by atoms with Crippen molar-refractivity contribution in [3.8, 4) is 0 Å². The van der Waals surface area contributed by atoms with Gasteiger partial charge in [0.25, 0.3) is 5.95 Å². The normalized spacial score (nSPS) is 10.1. The molecule has 7 heteroatoms. The lowest BCUT2D eigenvalue weighted by Gasteiger charge is -2.03. The monoisotopic (exact) mass is 305 g/mol. The highest BCUT2D eigenvalue weighted by atomic mass is 127. The zero-order valence-corrected chi connectivity index (χ0v) is 8.99. The van der Waals surface area contributed by atoms with Crippen LogP contribution in [0.3, 0.4) is 0 Å². The minimum absolute atomic E-state index is 0.270. The second-order valence-electron chi connectivity index (χ2n) is 2.48. The molecule has 0 aliphatic rings. The van der Waals surface area contributed by atoms with Gasteiger partial charge in [0.2, 0.25) is 0 Å². The minimum atomic E-state index is -0.270. The lowest BCUT2D eigenvalue weighted by atomic mass is 10.3. The topological polar surface area (TPSA) is 66.5 Å². The largest absolute Gasteiger partial charge is 0.321 e. The van der Waals surface area contributed by atoms with Crippen LogP contribution in [0.25, 0.3) is 0 Å². The summed E-state index contributed by atoms with van der Waals surface area (Å²) in [4.78, 5) is 0. The van der Waals surface area contributed by atoms with Crippen molar-refractivity contribution in [2.75, 3.05) is 5.32 Å². The zero-order chi connectivity index (χ0) is 9.97. The van der Waals surface area contributed by atoms with Crippen LogP contribution in [0.1, 0.15) is 0 Å². The molecule has 2 aromatic rings. The van der Waals surface area contributed by atoms with Crippen molar-refractivity contribution in [2.45, 2.75) is 0 Å². The quantitative estimate of drug-likeness (QED) is 0.829. The third-order valence-corrected chi connectivity index (χ3v) is 2.42. The minimum Gasteiger partial charge on any atom is -0.321 e. The molecule has 0 amide bonds. The van der Waals surface area contributed by atoms with E-state index in [1.807, 2.05) is 22.6 Å². The van der Waals surface area contributed by atoms with Gasteiger partial charge in [0.1, 0.15) is 5.82 Å². The van der Waals surface area contributed by atoms with Crippen molar-refractivity contribution in [2.24, 2.45) is 0 Å². The Kier molecular flexibility index (Phi) is 2.57. The van der Waals surface area contributed by atoms with E-state index in [1.54, 1.807) is 6.07 Å². The van der Waals surface area contributed by atoms with Crippen molar-refractivity contribution in [3.63, 3.8) is 0 Å². The Morgan fingerprint density at radius 1 is 1.43 bits per heavy atom. The number of aromatic nitrogens is 4. The molecule has 1 aromatic carbocycles. The first-order chi connectivity index (χ1) is 6.75. The number of nitrogens with one attached hydrogen (secondary N) is 2. The summed E-state index contributed by atoms with van der Waals surface area (Å²) in [5.41, 5.74) is 0.744. The Morgan fingerprint density at radius 3 is 2.93 bits per heavy atom. The molecule has 0 unspecified atom stereocenters. The fourth-order valence-electron chi connectivity index (χ4n) is 0.926. The van der Waals surface area contributed by atoms with Gasteiger partial charge in [-0.25, -0.2) is 4.39 Å². The van der Waals surface area contributed by atoms with Gasteiger partial charge in [-0.05, 0) is 46.0 Å². The molecule has 0 fully saturated rings. The molecule has 1 heterocycles. The highest BCUT2D eigenvalue weighted by molar-refractivity contribution is 14.1. The number of tetrazole rings is 1. The first-order valence-corrected chi connectivity index (χ1v) is 4.79. The summed E-state index contributed by atoms with van der Waals surface area (Å²) in [5.74, 6) is 0.0857. The molecule has 0 atom stereocenters. The summed E-state index contributed by atoms with van der Waals surface area (Å²) in [6.45, 7) is 0. The van der Waals surface area contributed by atoms with Crippen LogP contribution >= 0.6 is 22.6 Å². The molecule has 5 nitrogen and oxygen atoms in total.